The molecule has 4 rings (SSSR count). The molecule has 2 N–H and O–H groups in total. The normalized spacial score (nSPS) is 16.7. The quantitative estimate of drug-likeness (QED) is 0.205. The molecule has 3 heterocycles. The lowest BCUT2D eigenvalue weighted by atomic mass is 9.99. The highest BCUT2D eigenvalue weighted by Gasteiger charge is 2.25. The lowest BCUT2D eigenvalue weighted by Gasteiger charge is -2.14. The average Bonchev–Trinajstić information content (AvgIpc) is 3.59. The molecule has 1 aliphatic carbocycles. The maximum absolute atomic E-state index is 13.5. The number of nitrogens with zero attached hydrogens (tertiary/aromatic N) is 5. The van der Waals surface area contributed by atoms with E-state index in [4.69, 9.17) is 4.74 Å². The lowest BCUT2D eigenvalue weighted by Crippen LogP contribution is -2.30. The predicted octanol–water partition coefficient (Wildman–Crippen LogP) is 4.77. The Morgan fingerprint density at radius 1 is 1.38 bits per heavy atom. The molecule has 2 aliphatic rings. The Kier molecular flexibility index (Phi) is 11.0. The number of aryl methyl sites for hydroxylation is 2. The van der Waals surface area contributed by atoms with Gasteiger partial charge in [0.1, 0.15) is 11.4 Å². The number of nitrogens with one attached hydrogen (secondary N) is 2. The van der Waals surface area contributed by atoms with Gasteiger partial charge in [0.05, 0.1) is 31.1 Å². The summed E-state index contributed by atoms with van der Waals surface area (Å²) in [5.74, 6) is 6.36. The van der Waals surface area contributed by atoms with Crippen LogP contribution >= 0.6 is 11.8 Å². The minimum atomic E-state index is -2.81. The monoisotopic (exact) mass is 569 g/mol. The van der Waals surface area contributed by atoms with Crippen LogP contribution in [0.1, 0.15) is 55.8 Å². The fourth-order valence-corrected chi connectivity index (χ4v) is 4.21. The van der Waals surface area contributed by atoms with Crippen molar-refractivity contribution in [2.24, 2.45) is 23.1 Å². The van der Waals surface area contributed by atoms with Gasteiger partial charge >= 0.3 is 0 Å². The molecule has 0 aromatic carbocycles. The molecule has 0 spiro atoms. The Bertz CT molecular complexity index is 1370. The number of aliphatic imine (C=N–C) groups is 1. The van der Waals surface area contributed by atoms with Gasteiger partial charge in [0, 0.05) is 30.4 Å². The molecule has 1 unspecified atom stereocenters. The standard InChI is InChI=1S/C26H27F2N7O2S.C2H6/c1-5-18(19-11-21(24(27)28)30-14-22(19)37-4)20(13-29-12-17-10-15(2)35(3)34-17)25(36)31-26-33-32-23(38-26)9-8-16-6-7-16;1-2/h5,10-11,13-14,16,23-24,32H,1,6-7,12H2,2-4H3,(H,31,33,36);1-2H3/b20-18-,29-13?;. The number of hydrogen-bond donors (Lipinski definition) is 2. The number of amides is 1. The first-order valence-corrected chi connectivity index (χ1v) is 13.7. The van der Waals surface area contributed by atoms with Gasteiger partial charge in [0.15, 0.2) is 10.5 Å². The summed E-state index contributed by atoms with van der Waals surface area (Å²) in [4.78, 5) is 21.6. The molecule has 12 heteroatoms. The third-order valence-electron chi connectivity index (χ3n) is 5.73. The fraction of sp³-hybridized carbons (Fsp3) is 0.393. The van der Waals surface area contributed by atoms with Crippen LogP contribution < -0.4 is 15.5 Å². The molecule has 1 atom stereocenters. The molecular weight excluding hydrogens is 536 g/mol. The van der Waals surface area contributed by atoms with E-state index in [9.17, 15) is 13.6 Å². The van der Waals surface area contributed by atoms with E-state index < -0.39 is 18.0 Å². The minimum Gasteiger partial charge on any atom is -0.494 e. The summed E-state index contributed by atoms with van der Waals surface area (Å²) in [6, 6.07) is 3.06. The zero-order chi connectivity index (χ0) is 29.2. The van der Waals surface area contributed by atoms with Gasteiger partial charge in [-0.1, -0.05) is 38.3 Å². The van der Waals surface area contributed by atoms with Gasteiger partial charge in [-0.25, -0.2) is 8.78 Å². The Hall–Kier alpha value is -3.98. The summed E-state index contributed by atoms with van der Waals surface area (Å²) in [5.41, 5.74) is 4.64. The summed E-state index contributed by atoms with van der Waals surface area (Å²) >= 11 is 1.27. The van der Waals surface area contributed by atoms with E-state index in [0.29, 0.717) is 16.8 Å². The van der Waals surface area contributed by atoms with Crippen LogP contribution in [0.3, 0.4) is 0 Å². The van der Waals surface area contributed by atoms with Crippen LogP contribution in [0.25, 0.3) is 5.57 Å². The molecule has 40 heavy (non-hydrogen) atoms. The van der Waals surface area contributed by atoms with Crippen LogP contribution in [0.4, 0.5) is 8.78 Å². The first-order chi connectivity index (χ1) is 19.3. The largest absolute Gasteiger partial charge is 0.494 e. The average molecular weight is 570 g/mol. The summed E-state index contributed by atoms with van der Waals surface area (Å²) in [6.45, 7) is 9.94. The van der Waals surface area contributed by atoms with Gasteiger partial charge in [0.2, 0.25) is 0 Å². The number of aromatic nitrogens is 3. The van der Waals surface area contributed by atoms with Gasteiger partial charge in [-0.3, -0.25) is 30.2 Å². The van der Waals surface area contributed by atoms with Crippen LogP contribution in [-0.4, -0.2) is 44.5 Å². The van der Waals surface area contributed by atoms with Gasteiger partial charge in [-0.2, -0.15) is 10.2 Å². The van der Waals surface area contributed by atoms with Crippen molar-refractivity contribution in [1.29, 1.82) is 0 Å². The van der Waals surface area contributed by atoms with Crippen molar-refractivity contribution in [3.63, 3.8) is 0 Å². The van der Waals surface area contributed by atoms with Crippen molar-refractivity contribution in [3.8, 4) is 17.6 Å². The molecule has 9 nitrogen and oxygen atoms in total. The van der Waals surface area contributed by atoms with E-state index in [1.54, 1.807) is 4.68 Å². The van der Waals surface area contributed by atoms with E-state index in [1.165, 1.54) is 43.4 Å². The topological polar surface area (TPSA) is 106 Å². The number of halogens is 2. The van der Waals surface area contributed by atoms with Gasteiger partial charge < -0.3 is 4.74 Å². The van der Waals surface area contributed by atoms with E-state index in [2.05, 4.69) is 49.3 Å². The Balaban J connectivity index is 0.00000216. The highest BCUT2D eigenvalue weighted by molar-refractivity contribution is 8.14. The smallest absolute Gasteiger partial charge is 0.280 e. The molecular formula is C28H33F2N7O2S. The maximum Gasteiger partial charge on any atom is 0.280 e. The first-order valence-electron chi connectivity index (χ1n) is 12.8. The lowest BCUT2D eigenvalue weighted by molar-refractivity contribution is -0.115. The molecule has 1 aliphatic heterocycles. The number of carbonyl (C=O) groups is 1. The van der Waals surface area contributed by atoms with E-state index in [0.717, 1.165) is 18.5 Å². The highest BCUT2D eigenvalue weighted by atomic mass is 32.2. The molecule has 0 saturated heterocycles. The van der Waals surface area contributed by atoms with E-state index in [-0.39, 0.29) is 34.4 Å². The number of rotatable bonds is 8. The molecule has 1 amide bonds. The van der Waals surface area contributed by atoms with E-state index in [1.807, 2.05) is 33.9 Å². The van der Waals surface area contributed by atoms with Crippen molar-refractivity contribution in [2.45, 2.75) is 52.0 Å². The Morgan fingerprint density at radius 3 is 2.73 bits per heavy atom. The van der Waals surface area contributed by atoms with E-state index >= 15 is 0 Å². The molecule has 0 bridgehead atoms. The van der Waals surface area contributed by atoms with Crippen LogP contribution in [-0.2, 0) is 18.4 Å². The van der Waals surface area contributed by atoms with Crippen LogP contribution in [0.15, 0.2) is 46.7 Å². The Labute approximate surface area is 237 Å². The Morgan fingerprint density at radius 2 is 2.12 bits per heavy atom. The molecule has 2 aromatic rings. The second-order valence-corrected chi connectivity index (χ2v) is 9.67. The molecule has 0 radical (unpaired) electrons. The second kappa shape index (κ2) is 14.4. The zero-order valence-electron chi connectivity index (χ0n) is 23.2. The number of pyridine rings is 1. The number of thioether (sulfide) groups is 1. The molecule has 1 saturated carbocycles. The fourth-order valence-electron chi connectivity index (χ4n) is 3.50. The third-order valence-corrected chi connectivity index (χ3v) is 6.60. The number of carbonyl (C=O) groups excluding carboxylic acids is 1. The van der Waals surface area contributed by atoms with Crippen molar-refractivity contribution in [2.75, 3.05) is 7.11 Å². The maximum atomic E-state index is 13.5. The third kappa shape index (κ3) is 8.02. The molecule has 1 fully saturated rings. The zero-order valence-corrected chi connectivity index (χ0v) is 24.0. The van der Waals surface area contributed by atoms with Crippen molar-refractivity contribution >= 4 is 34.6 Å². The summed E-state index contributed by atoms with van der Waals surface area (Å²) < 4.78 is 34.0. The first kappa shape index (κ1) is 30.6. The van der Waals surface area contributed by atoms with Crippen LogP contribution in [0.5, 0.6) is 5.75 Å². The highest BCUT2D eigenvalue weighted by Crippen LogP contribution is 2.32. The number of amidine groups is 1. The SMILES string of the molecule is C=C/C(=C(\C=NCc1cc(C)n(C)n1)C(=O)NC1=NNC(C#CC2CC2)S1)c1cc(C(F)F)ncc1OC.CC. The summed E-state index contributed by atoms with van der Waals surface area (Å²) in [7, 11) is 3.21. The number of hydrazone groups is 1. The van der Waals surface area contributed by atoms with Crippen molar-refractivity contribution in [1.82, 2.24) is 25.5 Å². The van der Waals surface area contributed by atoms with Crippen LogP contribution in [0.2, 0.25) is 0 Å². The van der Waals surface area contributed by atoms with Gasteiger partial charge in [-0.05, 0) is 49.2 Å². The van der Waals surface area contributed by atoms with Crippen molar-refractivity contribution < 1.29 is 18.3 Å². The molecule has 2 aromatic heterocycles. The number of alkyl halides is 2. The predicted molar refractivity (Wildman–Crippen MR) is 155 cm³/mol. The minimum absolute atomic E-state index is 0.0770. The number of ether oxygens (including phenoxy) is 1. The number of allylic oxidation sites excluding steroid dienone is 2. The van der Waals surface area contributed by atoms with Gasteiger partial charge in [-0.15, -0.1) is 0 Å². The van der Waals surface area contributed by atoms with Crippen molar-refractivity contribution in [3.05, 3.63) is 59.2 Å². The summed E-state index contributed by atoms with van der Waals surface area (Å²) in [5, 5.41) is 11.3. The van der Waals surface area contributed by atoms with Crippen LogP contribution in [0, 0.1) is 24.7 Å². The number of methoxy groups -OCH3 is 1. The summed E-state index contributed by atoms with van der Waals surface area (Å²) in [6.07, 6.45) is 3.36. The van der Waals surface area contributed by atoms with Gasteiger partial charge in [0.25, 0.3) is 12.3 Å². The number of hydrogen-bond acceptors (Lipinski definition) is 8. The molecule has 212 valence electrons. The second-order valence-electron chi connectivity index (χ2n) is 8.57.